The molecule has 1 aromatic rings. The molecule has 0 heterocycles. The second-order valence-corrected chi connectivity index (χ2v) is 3.84. The van der Waals surface area contributed by atoms with Gasteiger partial charge < -0.3 is 5.32 Å². The number of carbonyl (C=O) groups is 1. The molecule has 4 heteroatoms. The van der Waals surface area contributed by atoms with E-state index >= 15 is 0 Å². The van der Waals surface area contributed by atoms with Crippen molar-refractivity contribution in [1.29, 1.82) is 5.26 Å². The molecule has 90 valence electrons. The molecule has 0 aliphatic heterocycles. The van der Waals surface area contributed by atoms with Crippen molar-refractivity contribution in [1.82, 2.24) is 5.32 Å². The van der Waals surface area contributed by atoms with Gasteiger partial charge in [-0.25, -0.2) is 0 Å². The molecule has 1 rings (SSSR count). The number of hydrogen-bond donors (Lipinski definition) is 1. The summed E-state index contributed by atoms with van der Waals surface area (Å²) in [7, 11) is 0. The maximum absolute atomic E-state index is 11.7. The van der Waals surface area contributed by atoms with Gasteiger partial charge in [0.05, 0.1) is 0 Å². The summed E-state index contributed by atoms with van der Waals surface area (Å²) in [6, 6.07) is 8.69. The predicted molar refractivity (Wildman–Crippen MR) is 72.5 cm³/mol. The number of allylic oxidation sites excluding steroid dienone is 1. The lowest BCUT2D eigenvalue weighted by molar-refractivity contribution is -0.116. The Bertz CT molecular complexity index is 567. The zero-order chi connectivity index (χ0) is 13.5. The van der Waals surface area contributed by atoms with Crippen LogP contribution in [0, 0.1) is 11.3 Å². The fourth-order valence-corrected chi connectivity index (χ4v) is 1.37. The van der Waals surface area contributed by atoms with E-state index in [1.165, 1.54) is 12.2 Å². The van der Waals surface area contributed by atoms with Gasteiger partial charge in [0, 0.05) is 10.7 Å². The lowest BCUT2D eigenvalue weighted by Crippen LogP contribution is -2.22. The van der Waals surface area contributed by atoms with Crippen molar-refractivity contribution in [2.45, 2.75) is 0 Å². The van der Waals surface area contributed by atoms with Crippen LogP contribution in [-0.4, -0.2) is 5.91 Å². The quantitative estimate of drug-likeness (QED) is 0.513. The average molecular weight is 259 g/mol. The molecular formula is C14H11ClN2O. The minimum absolute atomic E-state index is 0.0275. The highest BCUT2D eigenvalue weighted by Crippen LogP contribution is 2.13. The van der Waals surface area contributed by atoms with E-state index in [-0.39, 0.29) is 5.57 Å². The number of amides is 1. The van der Waals surface area contributed by atoms with Crippen molar-refractivity contribution in [3.05, 3.63) is 65.4 Å². The van der Waals surface area contributed by atoms with Crippen LogP contribution < -0.4 is 5.32 Å². The maximum Gasteiger partial charge on any atom is 0.266 e. The summed E-state index contributed by atoms with van der Waals surface area (Å²) in [4.78, 5) is 11.7. The molecule has 1 aromatic carbocycles. The van der Waals surface area contributed by atoms with Crippen molar-refractivity contribution in [2.24, 2.45) is 0 Å². The number of halogens is 1. The zero-order valence-corrected chi connectivity index (χ0v) is 10.4. The Kier molecular flexibility index (Phi) is 4.91. The van der Waals surface area contributed by atoms with Crippen LogP contribution in [0.1, 0.15) is 5.56 Å². The summed E-state index contributed by atoms with van der Waals surface area (Å²) in [5.41, 5.74) is 0.992. The Balaban J connectivity index is 2.97. The molecule has 0 aliphatic rings. The molecule has 0 spiro atoms. The topological polar surface area (TPSA) is 52.9 Å². The van der Waals surface area contributed by atoms with E-state index in [9.17, 15) is 4.79 Å². The predicted octanol–water partition coefficient (Wildman–Crippen LogP) is 3.06. The van der Waals surface area contributed by atoms with Crippen molar-refractivity contribution in [3.63, 3.8) is 0 Å². The highest BCUT2D eigenvalue weighted by molar-refractivity contribution is 6.30. The first-order valence-corrected chi connectivity index (χ1v) is 5.44. The SMILES string of the molecule is C=CC(=C)NC(=O)C(C#N)=Cc1cccc(Cl)c1. The Morgan fingerprint density at radius 2 is 2.22 bits per heavy atom. The van der Waals surface area contributed by atoms with Crippen LogP contribution in [0.3, 0.4) is 0 Å². The molecule has 0 saturated carbocycles. The second-order valence-electron chi connectivity index (χ2n) is 3.41. The molecule has 1 amide bonds. The Labute approximate surface area is 111 Å². The third-order valence-corrected chi connectivity index (χ3v) is 2.28. The summed E-state index contributed by atoms with van der Waals surface area (Å²) in [6.07, 6.45) is 2.85. The maximum atomic E-state index is 11.7. The van der Waals surface area contributed by atoms with Gasteiger partial charge in [-0.15, -0.1) is 0 Å². The fourth-order valence-electron chi connectivity index (χ4n) is 1.18. The smallest absolute Gasteiger partial charge is 0.266 e. The summed E-state index contributed by atoms with van der Waals surface area (Å²) in [5, 5.41) is 11.9. The Morgan fingerprint density at radius 3 is 2.78 bits per heavy atom. The number of hydrogen-bond acceptors (Lipinski definition) is 2. The van der Waals surface area contributed by atoms with Gasteiger partial charge in [-0.2, -0.15) is 5.26 Å². The minimum Gasteiger partial charge on any atom is -0.322 e. The van der Waals surface area contributed by atoms with Crippen LogP contribution in [0.2, 0.25) is 5.02 Å². The number of rotatable bonds is 4. The first kappa shape index (κ1) is 13.8. The van der Waals surface area contributed by atoms with E-state index in [4.69, 9.17) is 16.9 Å². The van der Waals surface area contributed by atoms with Crippen LogP contribution in [-0.2, 0) is 4.79 Å². The molecule has 3 nitrogen and oxygen atoms in total. The molecule has 0 radical (unpaired) electrons. The summed E-state index contributed by atoms with van der Waals surface area (Å²) in [6.45, 7) is 7.00. The molecule has 0 aliphatic carbocycles. The number of benzene rings is 1. The first-order valence-electron chi connectivity index (χ1n) is 5.07. The van der Waals surface area contributed by atoms with E-state index in [1.807, 2.05) is 6.07 Å². The van der Waals surface area contributed by atoms with Gasteiger partial charge in [0.25, 0.3) is 5.91 Å². The largest absolute Gasteiger partial charge is 0.322 e. The van der Waals surface area contributed by atoms with E-state index in [0.717, 1.165) is 0 Å². The van der Waals surface area contributed by atoms with E-state index in [1.54, 1.807) is 24.3 Å². The molecule has 1 N–H and O–H groups in total. The summed E-state index contributed by atoms with van der Waals surface area (Å²) < 4.78 is 0. The normalized spacial score (nSPS) is 10.3. The lowest BCUT2D eigenvalue weighted by atomic mass is 10.1. The minimum atomic E-state index is -0.526. The summed E-state index contributed by atoms with van der Waals surface area (Å²) >= 11 is 5.82. The molecule has 0 unspecified atom stereocenters. The number of carbonyl (C=O) groups excluding carboxylic acids is 1. The van der Waals surface area contributed by atoms with Gasteiger partial charge in [-0.3, -0.25) is 4.79 Å². The molecule has 0 atom stereocenters. The Hall–Kier alpha value is -2.31. The molecule has 0 aromatic heterocycles. The van der Waals surface area contributed by atoms with E-state index in [0.29, 0.717) is 16.3 Å². The van der Waals surface area contributed by atoms with Crippen LogP contribution >= 0.6 is 11.6 Å². The van der Waals surface area contributed by atoms with Gasteiger partial charge in [0.1, 0.15) is 11.6 Å². The van der Waals surface area contributed by atoms with E-state index in [2.05, 4.69) is 18.5 Å². The monoisotopic (exact) mass is 258 g/mol. The third kappa shape index (κ3) is 3.93. The third-order valence-electron chi connectivity index (χ3n) is 2.05. The average Bonchev–Trinajstić information content (AvgIpc) is 2.35. The molecular weight excluding hydrogens is 248 g/mol. The molecule has 0 bridgehead atoms. The van der Waals surface area contributed by atoms with Gasteiger partial charge >= 0.3 is 0 Å². The van der Waals surface area contributed by atoms with Crippen LogP contribution in [0.4, 0.5) is 0 Å². The van der Waals surface area contributed by atoms with Crippen LogP contribution in [0.15, 0.2) is 54.8 Å². The first-order chi connectivity index (χ1) is 8.56. The van der Waals surface area contributed by atoms with Gasteiger partial charge in [0.15, 0.2) is 0 Å². The number of nitrogens with one attached hydrogen (secondary N) is 1. The van der Waals surface area contributed by atoms with Crippen molar-refractivity contribution in [3.8, 4) is 6.07 Å². The Morgan fingerprint density at radius 1 is 1.50 bits per heavy atom. The van der Waals surface area contributed by atoms with Crippen LogP contribution in [0.5, 0.6) is 0 Å². The van der Waals surface area contributed by atoms with Gasteiger partial charge in [-0.1, -0.05) is 36.9 Å². The molecule has 0 saturated heterocycles. The van der Waals surface area contributed by atoms with Crippen molar-refractivity contribution in [2.75, 3.05) is 0 Å². The highest BCUT2D eigenvalue weighted by Gasteiger charge is 2.08. The fraction of sp³-hybridized carbons (Fsp3) is 0. The van der Waals surface area contributed by atoms with Crippen molar-refractivity contribution < 1.29 is 4.79 Å². The standard InChI is InChI=1S/C14H11ClN2O/c1-3-10(2)17-14(18)12(9-16)7-11-5-4-6-13(15)8-11/h3-8H,1-2H2,(H,17,18). The second kappa shape index (κ2) is 6.43. The van der Waals surface area contributed by atoms with Crippen molar-refractivity contribution >= 4 is 23.6 Å². The molecule has 0 fully saturated rings. The van der Waals surface area contributed by atoms with Crippen LogP contribution in [0.25, 0.3) is 6.08 Å². The highest BCUT2D eigenvalue weighted by atomic mass is 35.5. The number of nitriles is 1. The van der Waals surface area contributed by atoms with Gasteiger partial charge in [0.2, 0.25) is 0 Å². The van der Waals surface area contributed by atoms with E-state index < -0.39 is 5.91 Å². The molecule has 18 heavy (non-hydrogen) atoms. The summed E-state index contributed by atoms with van der Waals surface area (Å²) in [5.74, 6) is -0.526. The zero-order valence-electron chi connectivity index (χ0n) is 9.61. The number of nitrogens with zero attached hydrogens (tertiary/aromatic N) is 1. The van der Waals surface area contributed by atoms with Gasteiger partial charge in [-0.05, 0) is 29.8 Å². The lowest BCUT2D eigenvalue weighted by Gasteiger charge is -2.03.